The van der Waals surface area contributed by atoms with E-state index in [-0.39, 0.29) is 5.78 Å². The monoisotopic (exact) mass is 282 g/mol. The molecule has 0 aliphatic heterocycles. The largest absolute Gasteiger partial charge is 0.289 e. The summed E-state index contributed by atoms with van der Waals surface area (Å²) in [5.41, 5.74) is 2.03. The molecule has 0 N–H and O–H groups in total. The highest BCUT2D eigenvalue weighted by molar-refractivity contribution is 7.03. The number of nitrogens with zero attached hydrogens (tertiary/aromatic N) is 4. The maximum atomic E-state index is 12.3. The van der Waals surface area contributed by atoms with Crippen LogP contribution in [0.4, 0.5) is 0 Å². The van der Waals surface area contributed by atoms with Gasteiger partial charge in [0.15, 0.2) is 5.78 Å². The Bertz CT molecular complexity index is 732. The third-order valence-electron chi connectivity index (χ3n) is 2.70. The average molecular weight is 282 g/mol. The van der Waals surface area contributed by atoms with Gasteiger partial charge in [0.25, 0.3) is 0 Å². The zero-order valence-electron chi connectivity index (χ0n) is 10.4. The number of para-hydroxylation sites is 1. The van der Waals surface area contributed by atoms with Crippen molar-refractivity contribution in [2.24, 2.45) is 0 Å². The smallest absolute Gasteiger partial charge is 0.188 e. The Morgan fingerprint density at radius 1 is 1.25 bits per heavy atom. The van der Waals surface area contributed by atoms with Gasteiger partial charge in [-0.3, -0.25) is 4.79 Å². The van der Waals surface area contributed by atoms with Gasteiger partial charge < -0.3 is 0 Å². The minimum absolute atomic E-state index is 0.0934. The van der Waals surface area contributed by atoms with E-state index >= 15 is 0 Å². The molecule has 0 fully saturated rings. The van der Waals surface area contributed by atoms with Gasteiger partial charge in [-0.05, 0) is 41.9 Å². The van der Waals surface area contributed by atoms with Crippen LogP contribution in [0.1, 0.15) is 16.1 Å². The number of benzene rings is 1. The number of allylic oxidation sites excluding steroid dienone is 1. The second-order valence-electron chi connectivity index (χ2n) is 4.00. The molecule has 3 aromatic rings. The molecule has 0 aliphatic rings. The predicted octanol–water partition coefficient (Wildman–Crippen LogP) is 2.62. The maximum absolute atomic E-state index is 12.3. The van der Waals surface area contributed by atoms with E-state index < -0.39 is 0 Å². The fourth-order valence-corrected chi connectivity index (χ4v) is 2.21. The Kier molecular flexibility index (Phi) is 3.47. The highest BCUT2D eigenvalue weighted by Crippen LogP contribution is 2.15. The normalized spacial score (nSPS) is 11.0. The zero-order chi connectivity index (χ0) is 13.8. The van der Waals surface area contributed by atoms with E-state index in [9.17, 15) is 4.79 Å². The lowest BCUT2D eigenvalue weighted by molar-refractivity contribution is 0.104. The van der Waals surface area contributed by atoms with E-state index in [2.05, 4.69) is 14.7 Å². The second-order valence-corrected chi connectivity index (χ2v) is 4.60. The molecule has 3 rings (SSSR count). The molecule has 0 bridgehead atoms. The van der Waals surface area contributed by atoms with Gasteiger partial charge in [-0.25, -0.2) is 4.68 Å². The van der Waals surface area contributed by atoms with Crippen molar-refractivity contribution in [1.29, 1.82) is 0 Å². The summed E-state index contributed by atoms with van der Waals surface area (Å²) in [5, 5.41) is 9.81. The molecule has 1 aromatic carbocycles. The highest BCUT2D eigenvalue weighted by atomic mass is 32.1. The Hall–Kier alpha value is -2.60. The minimum atomic E-state index is -0.0934. The molecule has 98 valence electrons. The first-order chi connectivity index (χ1) is 9.84. The molecule has 0 atom stereocenters. The lowest BCUT2D eigenvalue weighted by Crippen LogP contribution is -2.04. The van der Waals surface area contributed by atoms with Crippen molar-refractivity contribution < 1.29 is 4.79 Å². The SMILES string of the molecule is O=C(/C=C/c1csnn1)c1ccccc1-n1cccn1. The number of rotatable bonds is 4. The maximum Gasteiger partial charge on any atom is 0.188 e. The van der Waals surface area contributed by atoms with Crippen LogP contribution < -0.4 is 0 Å². The zero-order valence-corrected chi connectivity index (χ0v) is 11.2. The molecule has 5 nitrogen and oxygen atoms in total. The fraction of sp³-hybridized carbons (Fsp3) is 0. The summed E-state index contributed by atoms with van der Waals surface area (Å²) in [6, 6.07) is 9.17. The van der Waals surface area contributed by atoms with E-state index in [1.54, 1.807) is 34.6 Å². The van der Waals surface area contributed by atoms with Gasteiger partial charge in [0.2, 0.25) is 0 Å². The van der Waals surface area contributed by atoms with Crippen LogP contribution in [0.15, 0.2) is 54.2 Å². The second kappa shape index (κ2) is 5.58. The fourth-order valence-electron chi connectivity index (χ4n) is 1.79. The lowest BCUT2D eigenvalue weighted by Gasteiger charge is -2.06. The van der Waals surface area contributed by atoms with Crippen molar-refractivity contribution in [3.8, 4) is 5.69 Å². The molecule has 0 radical (unpaired) electrons. The van der Waals surface area contributed by atoms with Gasteiger partial charge in [0, 0.05) is 23.3 Å². The number of carbonyl (C=O) groups is 1. The Labute approximate surface area is 119 Å². The topological polar surface area (TPSA) is 60.7 Å². The Balaban J connectivity index is 1.92. The van der Waals surface area contributed by atoms with Crippen molar-refractivity contribution in [2.75, 3.05) is 0 Å². The molecule has 0 spiro atoms. The van der Waals surface area contributed by atoms with Gasteiger partial charge in [-0.15, -0.1) is 5.10 Å². The summed E-state index contributed by atoms with van der Waals surface area (Å²) < 4.78 is 5.42. The third-order valence-corrected chi connectivity index (χ3v) is 3.23. The van der Waals surface area contributed by atoms with Crippen LogP contribution in [-0.2, 0) is 0 Å². The van der Waals surface area contributed by atoms with Crippen molar-refractivity contribution in [3.05, 3.63) is 65.4 Å². The molecule has 2 aromatic heterocycles. The van der Waals surface area contributed by atoms with Crippen LogP contribution in [0.5, 0.6) is 0 Å². The van der Waals surface area contributed by atoms with E-state index in [4.69, 9.17) is 0 Å². The van der Waals surface area contributed by atoms with E-state index in [1.807, 2.05) is 24.3 Å². The van der Waals surface area contributed by atoms with Crippen molar-refractivity contribution in [1.82, 2.24) is 19.4 Å². The molecule has 0 saturated heterocycles. The van der Waals surface area contributed by atoms with Crippen molar-refractivity contribution in [2.45, 2.75) is 0 Å². The number of hydrogen-bond acceptors (Lipinski definition) is 5. The van der Waals surface area contributed by atoms with E-state index in [1.165, 1.54) is 17.6 Å². The first kappa shape index (κ1) is 12.4. The highest BCUT2D eigenvalue weighted by Gasteiger charge is 2.09. The number of ketones is 1. The first-order valence-electron chi connectivity index (χ1n) is 5.93. The van der Waals surface area contributed by atoms with Crippen molar-refractivity contribution >= 4 is 23.4 Å². The molecule has 6 heteroatoms. The standard InChI is InChI=1S/C14H10N4OS/c19-14(7-6-11-10-20-17-16-11)12-4-1-2-5-13(12)18-9-3-8-15-18/h1-10H/b7-6+. The summed E-state index contributed by atoms with van der Waals surface area (Å²) in [5.74, 6) is -0.0934. The third kappa shape index (κ3) is 2.55. The summed E-state index contributed by atoms with van der Waals surface area (Å²) in [4.78, 5) is 12.3. The minimum Gasteiger partial charge on any atom is -0.289 e. The van der Waals surface area contributed by atoms with E-state index in [0.29, 0.717) is 11.3 Å². The first-order valence-corrected chi connectivity index (χ1v) is 6.77. The van der Waals surface area contributed by atoms with Crippen LogP contribution in [0.3, 0.4) is 0 Å². The predicted molar refractivity (Wildman–Crippen MR) is 76.8 cm³/mol. The van der Waals surface area contributed by atoms with Crippen LogP contribution in [-0.4, -0.2) is 25.2 Å². The van der Waals surface area contributed by atoms with Crippen LogP contribution >= 0.6 is 11.5 Å². The van der Waals surface area contributed by atoms with E-state index in [0.717, 1.165) is 5.69 Å². The molecule has 0 saturated carbocycles. The van der Waals surface area contributed by atoms with Crippen LogP contribution in [0.2, 0.25) is 0 Å². The Morgan fingerprint density at radius 2 is 2.15 bits per heavy atom. The quantitative estimate of drug-likeness (QED) is 0.545. The molecular formula is C14H10N4OS. The molecule has 20 heavy (non-hydrogen) atoms. The van der Waals surface area contributed by atoms with Gasteiger partial charge in [-0.2, -0.15) is 5.10 Å². The number of hydrogen-bond donors (Lipinski definition) is 0. The summed E-state index contributed by atoms with van der Waals surface area (Å²) in [6.45, 7) is 0. The van der Waals surface area contributed by atoms with Crippen molar-refractivity contribution in [3.63, 3.8) is 0 Å². The summed E-state index contributed by atoms with van der Waals surface area (Å²) in [6.07, 6.45) is 6.64. The summed E-state index contributed by atoms with van der Waals surface area (Å²) >= 11 is 1.25. The molecule has 0 amide bonds. The van der Waals surface area contributed by atoms with Gasteiger partial charge in [0.05, 0.1) is 11.4 Å². The van der Waals surface area contributed by atoms with Gasteiger partial charge in [0.1, 0.15) is 0 Å². The van der Waals surface area contributed by atoms with Gasteiger partial charge in [-0.1, -0.05) is 16.6 Å². The molecular weight excluding hydrogens is 272 g/mol. The van der Waals surface area contributed by atoms with Crippen LogP contribution in [0, 0.1) is 0 Å². The molecule has 0 aliphatic carbocycles. The summed E-state index contributed by atoms with van der Waals surface area (Å²) in [7, 11) is 0. The average Bonchev–Trinajstić information content (AvgIpc) is 3.18. The number of aromatic nitrogens is 4. The van der Waals surface area contributed by atoms with Gasteiger partial charge >= 0.3 is 0 Å². The number of carbonyl (C=O) groups excluding carboxylic acids is 1. The Morgan fingerprint density at radius 3 is 2.90 bits per heavy atom. The molecule has 2 heterocycles. The molecule has 0 unspecified atom stereocenters. The lowest BCUT2D eigenvalue weighted by atomic mass is 10.1. The van der Waals surface area contributed by atoms with Crippen LogP contribution in [0.25, 0.3) is 11.8 Å².